The van der Waals surface area contributed by atoms with Crippen LogP contribution in [0, 0.1) is 11.2 Å². The van der Waals surface area contributed by atoms with Gasteiger partial charge in [-0.15, -0.1) is 0 Å². The molecule has 150 valence electrons. The van der Waals surface area contributed by atoms with Crippen LogP contribution in [-0.2, 0) is 17.1 Å². The summed E-state index contributed by atoms with van der Waals surface area (Å²) >= 11 is 1.67. The van der Waals surface area contributed by atoms with Gasteiger partial charge in [0.15, 0.2) is 5.96 Å². The maximum Gasteiger partial charge on any atom is 0.230 e. The lowest BCUT2D eigenvalue weighted by molar-refractivity contribution is -0.138. The first kappa shape index (κ1) is 21.5. The van der Waals surface area contributed by atoms with E-state index in [-0.39, 0.29) is 17.1 Å². The summed E-state index contributed by atoms with van der Waals surface area (Å²) < 4.78 is 13.5. The summed E-state index contributed by atoms with van der Waals surface area (Å²) in [7, 11) is 5.35. The molecule has 1 amide bonds. The molecule has 1 aliphatic rings. The van der Waals surface area contributed by atoms with Crippen molar-refractivity contribution in [3.05, 3.63) is 35.1 Å². The van der Waals surface area contributed by atoms with Gasteiger partial charge < -0.3 is 15.5 Å². The fourth-order valence-corrected chi connectivity index (χ4v) is 4.28. The van der Waals surface area contributed by atoms with Crippen LogP contribution in [0.5, 0.6) is 0 Å². The predicted molar refractivity (Wildman–Crippen MR) is 111 cm³/mol. The second kappa shape index (κ2) is 9.97. The first-order valence-electron chi connectivity index (χ1n) is 9.34. The molecule has 0 heterocycles. The zero-order chi connectivity index (χ0) is 19.9. The Morgan fingerprint density at radius 2 is 1.96 bits per heavy atom. The first-order valence-corrected chi connectivity index (χ1v) is 10.7. The van der Waals surface area contributed by atoms with Gasteiger partial charge >= 0.3 is 0 Å². The molecule has 0 atom stereocenters. The first-order chi connectivity index (χ1) is 12.9. The normalized spacial score (nSPS) is 16.3. The smallest absolute Gasteiger partial charge is 0.230 e. The average Bonchev–Trinajstić information content (AvgIpc) is 3.13. The minimum atomic E-state index is -0.346. The number of halogens is 1. The van der Waals surface area contributed by atoms with Crippen molar-refractivity contribution in [1.82, 2.24) is 15.5 Å². The van der Waals surface area contributed by atoms with Gasteiger partial charge in [-0.25, -0.2) is 4.39 Å². The highest BCUT2D eigenvalue weighted by atomic mass is 32.2. The van der Waals surface area contributed by atoms with Crippen LogP contribution in [0.4, 0.5) is 4.39 Å². The summed E-state index contributed by atoms with van der Waals surface area (Å²) in [5.74, 6) is 1.40. The van der Waals surface area contributed by atoms with Crippen molar-refractivity contribution in [2.24, 2.45) is 10.4 Å². The lowest BCUT2D eigenvalue weighted by Gasteiger charge is -2.31. The van der Waals surface area contributed by atoms with Gasteiger partial charge in [0.2, 0.25) is 5.91 Å². The molecule has 1 aromatic carbocycles. The van der Waals surface area contributed by atoms with E-state index in [0.29, 0.717) is 19.0 Å². The van der Waals surface area contributed by atoms with Gasteiger partial charge in [0.05, 0.1) is 5.41 Å². The number of nitrogens with one attached hydrogen (secondary N) is 2. The Labute approximate surface area is 166 Å². The number of thioether (sulfide) groups is 1. The van der Waals surface area contributed by atoms with Gasteiger partial charge in [-0.2, -0.15) is 11.8 Å². The molecular weight excluding hydrogens is 363 g/mol. The number of rotatable bonds is 7. The minimum absolute atomic E-state index is 0.184. The second-order valence-electron chi connectivity index (χ2n) is 7.31. The molecule has 27 heavy (non-hydrogen) atoms. The van der Waals surface area contributed by atoms with E-state index < -0.39 is 0 Å². The van der Waals surface area contributed by atoms with Crippen LogP contribution in [0.2, 0.25) is 0 Å². The van der Waals surface area contributed by atoms with Gasteiger partial charge in [0.25, 0.3) is 0 Å². The van der Waals surface area contributed by atoms with Crippen LogP contribution in [0.1, 0.15) is 36.8 Å². The molecule has 2 N–H and O–H groups in total. The van der Waals surface area contributed by atoms with E-state index in [1.807, 2.05) is 26.4 Å². The molecule has 0 spiro atoms. The molecule has 0 aromatic heterocycles. The molecule has 1 fully saturated rings. The number of nitrogens with zero attached hydrogens (tertiary/aromatic N) is 2. The molecule has 0 saturated heterocycles. The topological polar surface area (TPSA) is 56.7 Å². The van der Waals surface area contributed by atoms with Gasteiger partial charge in [-0.05, 0) is 42.4 Å². The quantitative estimate of drug-likeness (QED) is 0.551. The number of hydrogen-bond acceptors (Lipinski definition) is 3. The van der Waals surface area contributed by atoms with Crippen LogP contribution in [-0.4, -0.2) is 50.7 Å². The second-order valence-corrected chi connectivity index (χ2v) is 8.18. The Balaban J connectivity index is 1.99. The van der Waals surface area contributed by atoms with Crippen molar-refractivity contribution in [3.63, 3.8) is 0 Å². The van der Waals surface area contributed by atoms with E-state index >= 15 is 0 Å². The van der Waals surface area contributed by atoms with E-state index in [1.54, 1.807) is 29.8 Å². The number of aliphatic imine (C=N–C) groups is 1. The third kappa shape index (κ3) is 5.61. The largest absolute Gasteiger partial charge is 0.355 e. The maximum absolute atomic E-state index is 13.5. The summed E-state index contributed by atoms with van der Waals surface area (Å²) in [6.07, 6.45) is 5.99. The molecule has 7 heteroatoms. The number of carbonyl (C=O) groups is 1. The van der Waals surface area contributed by atoms with Crippen LogP contribution in [0.3, 0.4) is 0 Å². The van der Waals surface area contributed by atoms with Crippen LogP contribution in [0.15, 0.2) is 23.2 Å². The Bertz CT molecular complexity index is 672. The predicted octanol–water partition coefficient (Wildman–Crippen LogP) is 3.00. The number of guanidine groups is 1. The van der Waals surface area contributed by atoms with Crippen molar-refractivity contribution in [1.29, 1.82) is 0 Å². The van der Waals surface area contributed by atoms with E-state index in [4.69, 9.17) is 0 Å². The highest BCUT2D eigenvalue weighted by Crippen LogP contribution is 2.38. The van der Waals surface area contributed by atoms with Crippen molar-refractivity contribution < 1.29 is 9.18 Å². The summed E-state index contributed by atoms with van der Waals surface area (Å²) in [6.45, 7) is 1.13. The van der Waals surface area contributed by atoms with Crippen LogP contribution >= 0.6 is 11.8 Å². The van der Waals surface area contributed by atoms with Crippen LogP contribution in [0.25, 0.3) is 0 Å². The van der Waals surface area contributed by atoms with E-state index in [2.05, 4.69) is 15.6 Å². The van der Waals surface area contributed by atoms with Crippen molar-refractivity contribution in [2.75, 3.05) is 33.9 Å². The van der Waals surface area contributed by atoms with E-state index in [1.165, 1.54) is 6.07 Å². The Morgan fingerprint density at radius 1 is 1.26 bits per heavy atom. The monoisotopic (exact) mass is 394 g/mol. The molecule has 1 aliphatic carbocycles. The standard InChI is InChI=1S/C20H31FN4OS/c1-22-19(23-12-15-7-8-17(21)11-16(15)13-27-4)24-14-20(9-5-6-10-20)18(26)25(2)3/h7-8,11H,5-6,9-10,12-14H2,1-4H3,(H2,22,23,24). The number of carbonyl (C=O) groups excluding carboxylic acids is 1. The van der Waals surface area contributed by atoms with Crippen LogP contribution < -0.4 is 10.6 Å². The molecule has 1 aromatic rings. The summed E-state index contributed by atoms with van der Waals surface area (Å²) in [5, 5.41) is 6.63. The Hall–Kier alpha value is -1.76. The van der Waals surface area contributed by atoms with E-state index in [0.717, 1.165) is 42.6 Å². The number of benzene rings is 1. The Kier molecular flexibility index (Phi) is 7.95. The minimum Gasteiger partial charge on any atom is -0.355 e. The molecule has 0 aliphatic heterocycles. The van der Waals surface area contributed by atoms with Gasteiger partial charge in [0.1, 0.15) is 5.82 Å². The lowest BCUT2D eigenvalue weighted by atomic mass is 9.84. The zero-order valence-corrected chi connectivity index (χ0v) is 17.6. The zero-order valence-electron chi connectivity index (χ0n) is 16.8. The molecule has 2 rings (SSSR count). The molecule has 0 unspecified atom stereocenters. The summed E-state index contributed by atoms with van der Waals surface area (Å²) in [6, 6.07) is 4.89. The fraction of sp³-hybridized carbons (Fsp3) is 0.600. The third-order valence-corrected chi connectivity index (χ3v) is 5.75. The highest BCUT2D eigenvalue weighted by molar-refractivity contribution is 7.97. The molecule has 0 radical (unpaired) electrons. The molecule has 1 saturated carbocycles. The molecular formula is C20H31FN4OS. The van der Waals surface area contributed by atoms with E-state index in [9.17, 15) is 9.18 Å². The summed E-state index contributed by atoms with van der Waals surface area (Å²) in [4.78, 5) is 18.7. The SMILES string of the molecule is CN=C(NCc1ccc(F)cc1CSC)NCC1(C(=O)N(C)C)CCCC1. The fourth-order valence-electron chi connectivity index (χ4n) is 3.70. The Morgan fingerprint density at radius 3 is 2.56 bits per heavy atom. The average molecular weight is 395 g/mol. The maximum atomic E-state index is 13.5. The van der Waals surface area contributed by atoms with Crippen molar-refractivity contribution in [2.45, 2.75) is 38.0 Å². The van der Waals surface area contributed by atoms with Crippen molar-refractivity contribution >= 4 is 23.6 Å². The number of hydrogen-bond donors (Lipinski definition) is 2. The summed E-state index contributed by atoms with van der Waals surface area (Å²) in [5.41, 5.74) is 1.69. The van der Waals surface area contributed by atoms with Gasteiger partial charge in [-0.3, -0.25) is 9.79 Å². The highest BCUT2D eigenvalue weighted by Gasteiger charge is 2.42. The van der Waals surface area contributed by atoms with Crippen molar-refractivity contribution in [3.8, 4) is 0 Å². The molecule has 0 bridgehead atoms. The number of amides is 1. The third-order valence-electron chi connectivity index (χ3n) is 5.15. The van der Waals surface area contributed by atoms with Gasteiger partial charge in [-0.1, -0.05) is 18.9 Å². The molecule has 5 nitrogen and oxygen atoms in total. The lowest BCUT2D eigenvalue weighted by Crippen LogP contribution is -2.49. The van der Waals surface area contributed by atoms with Gasteiger partial charge in [0, 0.05) is 40.0 Å².